The largest absolute Gasteiger partial charge is 0.491 e. The molecule has 4 heteroatoms. The zero-order valence-corrected chi connectivity index (χ0v) is 13.1. The third-order valence-corrected chi connectivity index (χ3v) is 5.03. The Balaban J connectivity index is 2.16. The highest BCUT2D eigenvalue weighted by molar-refractivity contribution is 9.10. The first-order valence-electron chi connectivity index (χ1n) is 6.32. The summed E-state index contributed by atoms with van der Waals surface area (Å²) >= 11 is 3.42. The lowest BCUT2D eigenvalue weighted by atomic mass is 10.1. The van der Waals surface area contributed by atoms with E-state index in [4.69, 9.17) is 4.74 Å². The quantitative estimate of drug-likeness (QED) is 0.818. The fourth-order valence-corrected chi connectivity index (χ4v) is 3.64. The molecule has 20 heavy (non-hydrogen) atoms. The van der Waals surface area contributed by atoms with Crippen LogP contribution in [0.5, 0.6) is 0 Å². The van der Waals surface area contributed by atoms with Crippen molar-refractivity contribution in [1.29, 1.82) is 0 Å². The molecule has 1 unspecified atom stereocenters. The minimum absolute atomic E-state index is 0.497. The molecule has 0 saturated heterocycles. The van der Waals surface area contributed by atoms with Crippen molar-refractivity contribution < 1.29 is 8.95 Å². The Labute approximate surface area is 129 Å². The van der Waals surface area contributed by atoms with Crippen LogP contribution < -0.4 is 0 Å². The van der Waals surface area contributed by atoms with Crippen molar-refractivity contribution in [3.8, 4) is 0 Å². The van der Waals surface area contributed by atoms with Gasteiger partial charge in [-0.2, -0.15) is 0 Å². The molecule has 0 aromatic heterocycles. The van der Waals surface area contributed by atoms with Gasteiger partial charge in [-0.05, 0) is 17.7 Å². The summed E-state index contributed by atoms with van der Waals surface area (Å²) in [5.41, 5.74) is 1.92. The van der Waals surface area contributed by atoms with E-state index in [1.807, 2.05) is 54.6 Å². The monoisotopic (exact) mass is 348 g/mol. The second kappa shape index (κ2) is 5.94. The lowest BCUT2D eigenvalue weighted by Crippen LogP contribution is -2.15. The van der Waals surface area contributed by atoms with E-state index in [0.717, 1.165) is 26.3 Å². The molecule has 102 valence electrons. The maximum atomic E-state index is 12.4. The van der Waals surface area contributed by atoms with E-state index in [-0.39, 0.29) is 0 Å². The summed E-state index contributed by atoms with van der Waals surface area (Å²) in [6.07, 6.45) is 0. The van der Waals surface area contributed by atoms with Crippen molar-refractivity contribution in [3.63, 3.8) is 0 Å². The molecule has 2 aromatic rings. The van der Waals surface area contributed by atoms with Gasteiger partial charge < -0.3 is 4.74 Å². The summed E-state index contributed by atoms with van der Waals surface area (Å²) in [4.78, 5) is 0.787. The molecule has 1 aliphatic rings. The predicted octanol–water partition coefficient (Wildman–Crippen LogP) is 4.05. The summed E-state index contributed by atoms with van der Waals surface area (Å²) in [5.74, 6) is 1.28. The third-order valence-electron chi connectivity index (χ3n) is 3.09. The molecular weight excluding hydrogens is 336 g/mol. The molecule has 0 aliphatic carbocycles. The fraction of sp³-hybridized carbons (Fsp3) is 0.125. The Morgan fingerprint density at radius 2 is 1.65 bits per heavy atom. The minimum Gasteiger partial charge on any atom is -0.491 e. The van der Waals surface area contributed by atoms with E-state index < -0.39 is 10.8 Å². The van der Waals surface area contributed by atoms with E-state index in [1.54, 1.807) is 0 Å². The van der Waals surface area contributed by atoms with E-state index in [2.05, 4.69) is 15.9 Å². The lowest BCUT2D eigenvalue weighted by Gasteiger charge is -2.21. The van der Waals surface area contributed by atoms with Crippen LogP contribution in [0.2, 0.25) is 0 Å². The van der Waals surface area contributed by atoms with Crippen molar-refractivity contribution in [2.24, 2.45) is 0 Å². The Morgan fingerprint density at radius 1 is 0.950 bits per heavy atom. The van der Waals surface area contributed by atoms with Gasteiger partial charge in [-0.15, -0.1) is 0 Å². The van der Waals surface area contributed by atoms with Gasteiger partial charge in [0, 0.05) is 10.0 Å². The summed E-state index contributed by atoms with van der Waals surface area (Å²) in [6, 6.07) is 17.7. The summed E-state index contributed by atoms with van der Waals surface area (Å²) < 4.78 is 19.2. The van der Waals surface area contributed by atoms with Gasteiger partial charge in [0.15, 0.2) is 0 Å². The average Bonchev–Trinajstić information content (AvgIpc) is 2.49. The first-order valence-corrected chi connectivity index (χ1v) is 8.44. The Bertz CT molecular complexity index is 663. The number of rotatable bonds is 2. The van der Waals surface area contributed by atoms with E-state index in [1.165, 1.54) is 0 Å². The second-order valence-corrected chi connectivity index (χ2v) is 6.85. The minimum atomic E-state index is -1.03. The standard InChI is InChI=1S/C16H13BrO2S/c17-14-8-6-13(7-9-14)16-15(19-10-11-20(16)18)12-4-2-1-3-5-12/h1-9H,10-11H2. The van der Waals surface area contributed by atoms with Gasteiger partial charge >= 0.3 is 0 Å². The molecule has 2 aromatic carbocycles. The molecule has 0 amide bonds. The van der Waals surface area contributed by atoms with Crippen molar-refractivity contribution in [1.82, 2.24) is 0 Å². The molecule has 0 N–H and O–H groups in total. The molecule has 1 aliphatic heterocycles. The molecule has 1 heterocycles. The lowest BCUT2D eigenvalue weighted by molar-refractivity contribution is 0.299. The van der Waals surface area contributed by atoms with Crippen LogP contribution in [0.25, 0.3) is 10.7 Å². The van der Waals surface area contributed by atoms with Gasteiger partial charge in [-0.3, -0.25) is 4.21 Å². The van der Waals surface area contributed by atoms with Crippen molar-refractivity contribution in [3.05, 3.63) is 70.2 Å². The topological polar surface area (TPSA) is 26.3 Å². The zero-order chi connectivity index (χ0) is 13.9. The molecule has 0 spiro atoms. The summed E-state index contributed by atoms with van der Waals surface area (Å²) in [5, 5.41) is 0. The van der Waals surface area contributed by atoms with Crippen LogP contribution in [0.15, 0.2) is 59.1 Å². The summed E-state index contributed by atoms with van der Waals surface area (Å²) in [7, 11) is -1.03. The molecule has 0 radical (unpaired) electrons. The predicted molar refractivity (Wildman–Crippen MR) is 86.4 cm³/mol. The highest BCUT2D eigenvalue weighted by Crippen LogP contribution is 2.33. The van der Waals surface area contributed by atoms with Crippen LogP contribution in [-0.4, -0.2) is 16.6 Å². The van der Waals surface area contributed by atoms with Crippen LogP contribution in [0.3, 0.4) is 0 Å². The summed E-state index contributed by atoms with van der Waals surface area (Å²) in [6.45, 7) is 0.497. The molecule has 0 saturated carbocycles. The molecule has 0 fully saturated rings. The first-order chi connectivity index (χ1) is 9.75. The maximum Gasteiger partial charge on any atom is 0.143 e. The third kappa shape index (κ3) is 2.72. The number of ether oxygens (including phenoxy) is 1. The number of hydrogen-bond acceptors (Lipinski definition) is 2. The van der Waals surface area contributed by atoms with Gasteiger partial charge in [0.25, 0.3) is 0 Å². The molecule has 2 nitrogen and oxygen atoms in total. The van der Waals surface area contributed by atoms with Gasteiger partial charge in [0.2, 0.25) is 0 Å². The molecular formula is C16H13BrO2S. The van der Waals surface area contributed by atoms with Crippen molar-refractivity contribution in [2.75, 3.05) is 12.4 Å². The van der Waals surface area contributed by atoms with E-state index >= 15 is 0 Å². The second-order valence-electron chi connectivity index (χ2n) is 4.43. The number of hydrogen-bond donors (Lipinski definition) is 0. The Kier molecular flexibility index (Phi) is 4.03. The number of halogens is 1. The zero-order valence-electron chi connectivity index (χ0n) is 10.7. The SMILES string of the molecule is O=S1CCOC(c2ccccc2)=C1c1ccc(Br)cc1. The van der Waals surface area contributed by atoms with Gasteiger partial charge in [-0.25, -0.2) is 0 Å². The highest BCUT2D eigenvalue weighted by Gasteiger charge is 2.23. The van der Waals surface area contributed by atoms with Crippen LogP contribution in [0.1, 0.15) is 11.1 Å². The molecule has 0 bridgehead atoms. The Hall–Kier alpha value is -1.39. The van der Waals surface area contributed by atoms with Crippen LogP contribution in [-0.2, 0) is 15.5 Å². The van der Waals surface area contributed by atoms with Gasteiger partial charge in [-0.1, -0.05) is 58.4 Å². The van der Waals surface area contributed by atoms with Crippen molar-refractivity contribution >= 4 is 37.4 Å². The number of benzene rings is 2. The molecule has 3 rings (SSSR count). The van der Waals surface area contributed by atoms with Crippen LogP contribution in [0.4, 0.5) is 0 Å². The van der Waals surface area contributed by atoms with E-state index in [0.29, 0.717) is 12.4 Å². The smallest absolute Gasteiger partial charge is 0.143 e. The first kappa shape index (κ1) is 13.6. The highest BCUT2D eigenvalue weighted by atomic mass is 79.9. The molecule has 1 atom stereocenters. The Morgan fingerprint density at radius 3 is 2.35 bits per heavy atom. The van der Waals surface area contributed by atoms with E-state index in [9.17, 15) is 4.21 Å². The van der Waals surface area contributed by atoms with Crippen LogP contribution >= 0.6 is 15.9 Å². The van der Waals surface area contributed by atoms with Gasteiger partial charge in [0.1, 0.15) is 12.4 Å². The fourth-order valence-electron chi connectivity index (χ4n) is 2.16. The average molecular weight is 349 g/mol. The van der Waals surface area contributed by atoms with Crippen molar-refractivity contribution in [2.45, 2.75) is 0 Å². The normalized spacial score (nSPS) is 18.8. The van der Waals surface area contributed by atoms with Crippen LogP contribution in [0, 0.1) is 0 Å². The maximum absolute atomic E-state index is 12.4. The van der Waals surface area contributed by atoms with Gasteiger partial charge in [0.05, 0.1) is 21.5 Å².